The number of hydrogen-bond acceptors (Lipinski definition) is 2. The number of aliphatic hydroxyl groups is 2. The SMILES string of the molecule is CC1=CC[C@H]2C(C)(C)[C@@H](O)CC[C@]2(C)[C@H]1CC[C@H](C)CCO. The van der Waals surface area contributed by atoms with Gasteiger partial charge in [-0.1, -0.05) is 45.8 Å². The third-order valence-corrected chi connectivity index (χ3v) is 7.10. The van der Waals surface area contributed by atoms with E-state index in [1.54, 1.807) is 5.57 Å². The van der Waals surface area contributed by atoms with Crippen molar-refractivity contribution in [3.05, 3.63) is 11.6 Å². The summed E-state index contributed by atoms with van der Waals surface area (Å²) in [6.45, 7) is 11.9. The first-order valence-electron chi connectivity index (χ1n) is 9.19. The first kappa shape index (κ1) is 18.0. The van der Waals surface area contributed by atoms with Crippen molar-refractivity contribution in [3.8, 4) is 0 Å². The Morgan fingerprint density at radius 3 is 2.59 bits per heavy atom. The molecule has 0 spiro atoms. The predicted octanol–water partition coefficient (Wildman–Crippen LogP) is 4.55. The molecule has 1 saturated carbocycles. The van der Waals surface area contributed by atoms with Crippen molar-refractivity contribution in [1.82, 2.24) is 0 Å². The van der Waals surface area contributed by atoms with Gasteiger partial charge in [0, 0.05) is 6.61 Å². The third kappa shape index (κ3) is 3.14. The molecule has 2 aliphatic rings. The van der Waals surface area contributed by atoms with Crippen LogP contribution in [0.2, 0.25) is 0 Å². The molecule has 0 aromatic heterocycles. The topological polar surface area (TPSA) is 40.5 Å². The van der Waals surface area contributed by atoms with Crippen molar-refractivity contribution in [2.75, 3.05) is 6.61 Å². The fraction of sp³-hybridized carbons (Fsp3) is 0.900. The number of aliphatic hydroxyl groups excluding tert-OH is 2. The van der Waals surface area contributed by atoms with Crippen LogP contribution < -0.4 is 0 Å². The molecule has 2 nitrogen and oxygen atoms in total. The Labute approximate surface area is 137 Å². The lowest BCUT2D eigenvalue weighted by Gasteiger charge is -2.58. The van der Waals surface area contributed by atoms with Crippen molar-refractivity contribution < 1.29 is 10.2 Å². The zero-order valence-electron chi connectivity index (χ0n) is 15.2. The van der Waals surface area contributed by atoms with Crippen LogP contribution in [-0.2, 0) is 0 Å². The van der Waals surface area contributed by atoms with Gasteiger partial charge in [-0.25, -0.2) is 0 Å². The summed E-state index contributed by atoms with van der Waals surface area (Å²) in [6.07, 6.45) is 8.82. The van der Waals surface area contributed by atoms with Crippen molar-refractivity contribution in [2.45, 2.75) is 79.2 Å². The molecule has 0 aromatic carbocycles. The lowest BCUT2D eigenvalue weighted by atomic mass is 9.47. The van der Waals surface area contributed by atoms with Crippen LogP contribution in [0.1, 0.15) is 73.1 Å². The summed E-state index contributed by atoms with van der Waals surface area (Å²) >= 11 is 0. The quantitative estimate of drug-likeness (QED) is 0.731. The second-order valence-electron chi connectivity index (χ2n) is 8.87. The second kappa shape index (κ2) is 6.65. The van der Waals surface area contributed by atoms with E-state index < -0.39 is 0 Å². The van der Waals surface area contributed by atoms with Gasteiger partial charge in [0.25, 0.3) is 0 Å². The molecule has 0 amide bonds. The van der Waals surface area contributed by atoms with Crippen LogP contribution in [0.15, 0.2) is 11.6 Å². The van der Waals surface area contributed by atoms with Crippen LogP contribution in [0, 0.1) is 28.6 Å². The molecule has 0 radical (unpaired) electrons. The number of fused-ring (bicyclic) bond motifs is 1. The van der Waals surface area contributed by atoms with Gasteiger partial charge in [-0.3, -0.25) is 0 Å². The van der Waals surface area contributed by atoms with Crippen LogP contribution in [0.4, 0.5) is 0 Å². The van der Waals surface area contributed by atoms with E-state index in [4.69, 9.17) is 5.11 Å². The third-order valence-electron chi connectivity index (χ3n) is 7.10. The van der Waals surface area contributed by atoms with Gasteiger partial charge in [0.15, 0.2) is 0 Å². The predicted molar refractivity (Wildman–Crippen MR) is 92.6 cm³/mol. The van der Waals surface area contributed by atoms with E-state index in [9.17, 15) is 5.11 Å². The zero-order chi connectivity index (χ0) is 16.5. The zero-order valence-corrected chi connectivity index (χ0v) is 15.2. The number of allylic oxidation sites excluding steroid dienone is 2. The summed E-state index contributed by atoms with van der Waals surface area (Å²) in [5.41, 5.74) is 1.89. The summed E-state index contributed by atoms with van der Waals surface area (Å²) < 4.78 is 0. The highest BCUT2D eigenvalue weighted by atomic mass is 16.3. The van der Waals surface area contributed by atoms with Gasteiger partial charge in [-0.15, -0.1) is 0 Å². The van der Waals surface area contributed by atoms with E-state index in [0.29, 0.717) is 29.8 Å². The minimum Gasteiger partial charge on any atom is -0.396 e. The van der Waals surface area contributed by atoms with Gasteiger partial charge < -0.3 is 10.2 Å². The van der Waals surface area contributed by atoms with Gasteiger partial charge in [0.05, 0.1) is 6.10 Å². The maximum atomic E-state index is 10.5. The molecular formula is C20H36O2. The van der Waals surface area contributed by atoms with Crippen molar-refractivity contribution in [3.63, 3.8) is 0 Å². The van der Waals surface area contributed by atoms with Gasteiger partial charge in [0.1, 0.15) is 0 Å². The van der Waals surface area contributed by atoms with Gasteiger partial charge in [0.2, 0.25) is 0 Å². The molecule has 0 heterocycles. The smallest absolute Gasteiger partial charge is 0.0594 e. The molecule has 0 unspecified atom stereocenters. The summed E-state index contributed by atoms with van der Waals surface area (Å²) in [5, 5.41) is 19.6. The molecule has 0 aliphatic heterocycles. The molecule has 0 aromatic rings. The molecule has 128 valence electrons. The van der Waals surface area contributed by atoms with Crippen LogP contribution in [0.25, 0.3) is 0 Å². The first-order chi connectivity index (χ1) is 10.2. The van der Waals surface area contributed by atoms with Crippen LogP contribution in [0.3, 0.4) is 0 Å². The Kier molecular flexibility index (Phi) is 5.44. The molecule has 2 rings (SSSR count). The van der Waals surface area contributed by atoms with Crippen LogP contribution in [0.5, 0.6) is 0 Å². The standard InChI is InChI=1S/C20H36O2/c1-14(11-13-21)6-8-16-15(2)7-9-17-19(3,4)18(22)10-12-20(16,17)5/h7,14,16-18,21-22H,6,8-13H2,1-5H3/t14-,16-,17-,18-,20+/m0/s1. The Morgan fingerprint density at radius 2 is 1.95 bits per heavy atom. The van der Waals surface area contributed by atoms with E-state index in [1.807, 2.05) is 0 Å². The summed E-state index contributed by atoms with van der Waals surface area (Å²) in [5.74, 6) is 1.81. The molecule has 1 fully saturated rings. The van der Waals surface area contributed by atoms with Gasteiger partial charge >= 0.3 is 0 Å². The normalized spacial score (nSPS) is 39.0. The molecule has 22 heavy (non-hydrogen) atoms. The van der Waals surface area contributed by atoms with Crippen LogP contribution >= 0.6 is 0 Å². The highest BCUT2D eigenvalue weighted by molar-refractivity contribution is 5.19. The molecular weight excluding hydrogens is 272 g/mol. The van der Waals surface area contributed by atoms with E-state index in [0.717, 1.165) is 25.7 Å². The second-order valence-corrected chi connectivity index (χ2v) is 8.87. The molecule has 2 heteroatoms. The van der Waals surface area contributed by atoms with Gasteiger partial charge in [-0.05, 0) is 67.6 Å². The summed E-state index contributed by atoms with van der Waals surface area (Å²) in [6, 6.07) is 0. The van der Waals surface area contributed by atoms with Crippen molar-refractivity contribution in [2.24, 2.45) is 28.6 Å². The fourth-order valence-corrected chi connectivity index (χ4v) is 5.41. The summed E-state index contributed by atoms with van der Waals surface area (Å²) in [4.78, 5) is 0. The Balaban J connectivity index is 2.18. The number of hydrogen-bond donors (Lipinski definition) is 2. The average Bonchev–Trinajstić information content (AvgIpc) is 2.43. The molecule has 2 N–H and O–H groups in total. The average molecular weight is 309 g/mol. The maximum Gasteiger partial charge on any atom is 0.0594 e. The minimum absolute atomic E-state index is 0.0131. The highest BCUT2D eigenvalue weighted by Crippen LogP contribution is 2.60. The fourth-order valence-electron chi connectivity index (χ4n) is 5.41. The molecule has 0 saturated heterocycles. The Hall–Kier alpha value is -0.340. The highest BCUT2D eigenvalue weighted by Gasteiger charge is 2.54. The Morgan fingerprint density at radius 1 is 1.27 bits per heavy atom. The lowest BCUT2D eigenvalue weighted by Crippen LogP contribution is -2.54. The minimum atomic E-state index is -0.161. The van der Waals surface area contributed by atoms with Crippen LogP contribution in [-0.4, -0.2) is 22.9 Å². The monoisotopic (exact) mass is 308 g/mol. The van der Waals surface area contributed by atoms with E-state index in [1.165, 1.54) is 12.8 Å². The Bertz CT molecular complexity index is 412. The number of rotatable bonds is 5. The largest absolute Gasteiger partial charge is 0.396 e. The lowest BCUT2D eigenvalue weighted by molar-refractivity contribution is -0.116. The molecule has 2 aliphatic carbocycles. The van der Waals surface area contributed by atoms with Gasteiger partial charge in [-0.2, -0.15) is 0 Å². The van der Waals surface area contributed by atoms with E-state index in [2.05, 4.69) is 40.7 Å². The molecule has 5 atom stereocenters. The van der Waals surface area contributed by atoms with Crippen molar-refractivity contribution >= 4 is 0 Å². The van der Waals surface area contributed by atoms with E-state index in [-0.39, 0.29) is 11.5 Å². The molecule has 0 bridgehead atoms. The first-order valence-corrected chi connectivity index (χ1v) is 9.19. The van der Waals surface area contributed by atoms with E-state index >= 15 is 0 Å². The summed E-state index contributed by atoms with van der Waals surface area (Å²) in [7, 11) is 0. The maximum absolute atomic E-state index is 10.5. The van der Waals surface area contributed by atoms with Crippen molar-refractivity contribution in [1.29, 1.82) is 0 Å².